The second-order valence-electron chi connectivity index (χ2n) is 39.6. The van der Waals surface area contributed by atoms with E-state index in [2.05, 4.69) is 215 Å². The van der Waals surface area contributed by atoms with E-state index in [0.29, 0.717) is 39.3 Å². The molecule has 4 heterocycles. The summed E-state index contributed by atoms with van der Waals surface area (Å²) in [5.41, 5.74) is 8.93. The third-order valence-corrected chi connectivity index (χ3v) is 21.2. The highest BCUT2D eigenvalue weighted by atomic mass is 16.7. The molecule has 7 unspecified atom stereocenters. The van der Waals surface area contributed by atoms with Crippen LogP contribution < -0.4 is 18.9 Å². The van der Waals surface area contributed by atoms with Crippen LogP contribution in [-0.4, -0.2) is 100 Å². The summed E-state index contributed by atoms with van der Waals surface area (Å²) < 4.78 is 77.7. The molecule has 109 heavy (non-hydrogen) atoms. The number of carbonyl (C=O) groups excluding carboxylic acids is 4. The third kappa shape index (κ3) is 25.7. The Morgan fingerprint density at radius 3 is 0.761 bits per heavy atom. The van der Waals surface area contributed by atoms with Crippen molar-refractivity contribution in [1.29, 1.82) is 0 Å². The van der Waals surface area contributed by atoms with E-state index in [1.54, 1.807) is 6.92 Å². The first-order valence-electron chi connectivity index (χ1n) is 41.2. The van der Waals surface area contributed by atoms with Gasteiger partial charge in [-0.25, -0.2) is 0 Å². The summed E-state index contributed by atoms with van der Waals surface area (Å²) >= 11 is 0. The Hall–Kier alpha value is -6.20. The average Bonchev–Trinajstić information content (AvgIpc) is 0.790. The Kier molecular flexibility index (Phi) is 29.8. The van der Waals surface area contributed by atoms with Gasteiger partial charge in [0.1, 0.15) is 35.7 Å². The average molecular weight is 1510 g/mol. The lowest BCUT2D eigenvalue weighted by Crippen LogP contribution is -2.47. The highest BCUT2D eigenvalue weighted by Crippen LogP contribution is 2.47. The van der Waals surface area contributed by atoms with Gasteiger partial charge in [0, 0.05) is 95.9 Å². The maximum atomic E-state index is 15.1. The molecular formula is C93H140O16. The molecule has 4 aliphatic rings. The predicted molar refractivity (Wildman–Crippen MR) is 432 cm³/mol. The minimum atomic E-state index is -1.45. The summed E-state index contributed by atoms with van der Waals surface area (Å²) in [6, 6.07) is 17.0. The highest BCUT2D eigenvalue weighted by molar-refractivity contribution is 5.73. The molecule has 0 spiro atoms. The Morgan fingerprint density at radius 2 is 0.541 bits per heavy atom. The number of ether oxygens (including phenoxy) is 12. The third-order valence-electron chi connectivity index (χ3n) is 21.2. The first-order valence-corrected chi connectivity index (χ1v) is 41.2. The van der Waals surface area contributed by atoms with Crippen molar-refractivity contribution < 1.29 is 76.0 Å². The van der Waals surface area contributed by atoms with E-state index in [0.717, 1.165) is 167 Å². The van der Waals surface area contributed by atoms with Crippen LogP contribution in [0.4, 0.5) is 0 Å². The van der Waals surface area contributed by atoms with Crippen LogP contribution in [-0.2, 0) is 126 Å². The molecule has 608 valence electrons. The first-order chi connectivity index (χ1) is 50.6. The van der Waals surface area contributed by atoms with E-state index in [1.165, 1.54) is 0 Å². The van der Waals surface area contributed by atoms with Crippen LogP contribution in [0.5, 0.6) is 23.0 Å². The Morgan fingerprint density at radius 1 is 0.321 bits per heavy atom. The summed E-state index contributed by atoms with van der Waals surface area (Å²) in [7, 11) is 0. The number of rotatable bonds is 27. The lowest BCUT2D eigenvalue weighted by molar-refractivity contribution is -0.190. The van der Waals surface area contributed by atoms with Gasteiger partial charge >= 0.3 is 23.9 Å². The maximum Gasteiger partial charge on any atom is 0.306 e. The van der Waals surface area contributed by atoms with Crippen LogP contribution in [0, 0.1) is 0 Å². The standard InChI is InChI=1S/C93H140O16/c1-59(103-74(95)43-39-61-52-66(88(8,9)10)83(67(53-61)89(11,12)13)107-78-35-27-31-47-99-78)81(105-76(97)45-41-63-56-70(92(20,21)22)85(71(57-63)93(23,24)25)109-80-37-29-33-49-101-80)72(104-75(96)44-40-62-54-68(90(14,15)16)84(69(55-62)91(17,18)19)108-79-36-28-32-48-100-79)58-102-73(94)42-38-60-50-64(86(2,3)4)82(65(51-60)87(5,6)7)106-77-34-26-30-46-98-77/h50-57,59,72,77-81H,26-49,58H2,1-25H3. The van der Waals surface area contributed by atoms with Gasteiger partial charge in [-0.1, -0.05) is 215 Å². The van der Waals surface area contributed by atoms with Crippen LogP contribution in [0.25, 0.3) is 0 Å². The van der Waals surface area contributed by atoms with E-state index in [1.807, 2.05) is 0 Å². The summed E-state index contributed by atoms with van der Waals surface area (Å²) in [5.74, 6) is 0.822. The van der Waals surface area contributed by atoms with E-state index in [4.69, 9.17) is 56.8 Å². The lowest BCUT2D eigenvalue weighted by atomic mass is 9.78. The zero-order valence-corrected chi connectivity index (χ0v) is 71.9. The molecule has 0 amide bonds. The van der Waals surface area contributed by atoms with E-state index >= 15 is 9.59 Å². The number of hydrogen-bond donors (Lipinski definition) is 0. The maximum absolute atomic E-state index is 15.1. The van der Waals surface area contributed by atoms with Crippen LogP contribution in [0.15, 0.2) is 48.5 Å². The number of hydrogen-bond acceptors (Lipinski definition) is 16. The second-order valence-corrected chi connectivity index (χ2v) is 39.6. The van der Waals surface area contributed by atoms with Gasteiger partial charge in [-0.05, 0) is 150 Å². The van der Waals surface area contributed by atoms with Crippen molar-refractivity contribution in [1.82, 2.24) is 0 Å². The van der Waals surface area contributed by atoms with Crippen molar-refractivity contribution in [2.75, 3.05) is 33.0 Å². The fraction of sp³-hybridized carbons (Fsp3) is 0.699. The molecule has 0 aliphatic carbocycles. The summed E-state index contributed by atoms with van der Waals surface area (Å²) in [4.78, 5) is 59.6. The SMILES string of the molecule is CC(OC(=O)CCc1cc(C(C)(C)C)c(OC2CCCCO2)c(C(C)(C)C)c1)C(OC(=O)CCc1cc(C(C)(C)C)c(OC2CCCCO2)c(C(C)(C)C)c1)C(COC(=O)CCc1cc(C(C)(C)C)c(OC2CCCCO2)c(C(C)(C)C)c1)OC(=O)CCc1cc(C(C)(C)C)c(OC2CCCCO2)c(C(C)(C)C)c1. The Balaban J connectivity index is 1.16. The monoisotopic (exact) mass is 1510 g/mol. The molecular weight excluding hydrogens is 1370 g/mol. The molecule has 4 aromatic rings. The van der Waals surface area contributed by atoms with Crippen LogP contribution in [0.1, 0.15) is 343 Å². The van der Waals surface area contributed by atoms with Gasteiger partial charge in [0.15, 0.2) is 37.4 Å². The molecule has 16 heteroatoms. The highest BCUT2D eigenvalue weighted by Gasteiger charge is 2.40. The molecule has 0 radical (unpaired) electrons. The van der Waals surface area contributed by atoms with Gasteiger partial charge in [0.05, 0.1) is 26.4 Å². The van der Waals surface area contributed by atoms with Gasteiger partial charge < -0.3 is 56.8 Å². The molecule has 4 aliphatic heterocycles. The van der Waals surface area contributed by atoms with E-state index < -0.39 is 48.8 Å². The van der Waals surface area contributed by atoms with Crippen molar-refractivity contribution in [3.8, 4) is 23.0 Å². The largest absolute Gasteiger partial charge is 0.464 e. The fourth-order valence-corrected chi connectivity index (χ4v) is 14.7. The number of benzene rings is 4. The van der Waals surface area contributed by atoms with E-state index in [9.17, 15) is 9.59 Å². The summed E-state index contributed by atoms with van der Waals surface area (Å²) in [5, 5.41) is 0. The zero-order chi connectivity index (χ0) is 80.4. The minimum absolute atomic E-state index is 0.0342. The zero-order valence-electron chi connectivity index (χ0n) is 71.9. The van der Waals surface area contributed by atoms with Crippen molar-refractivity contribution in [3.05, 3.63) is 115 Å². The number of esters is 4. The molecule has 0 saturated carbocycles. The van der Waals surface area contributed by atoms with Crippen LogP contribution in [0.2, 0.25) is 0 Å². The predicted octanol–water partition coefficient (Wildman–Crippen LogP) is 20.8. The Bertz CT molecular complexity index is 3540. The van der Waals surface area contributed by atoms with E-state index in [-0.39, 0.29) is 107 Å². The molecule has 4 fully saturated rings. The molecule has 0 bridgehead atoms. The number of aryl methyl sites for hydroxylation is 4. The van der Waals surface area contributed by atoms with Gasteiger partial charge in [0.2, 0.25) is 0 Å². The van der Waals surface area contributed by atoms with Gasteiger partial charge in [-0.3, -0.25) is 19.2 Å². The van der Waals surface area contributed by atoms with Gasteiger partial charge in [-0.15, -0.1) is 0 Å². The normalized spacial score (nSPS) is 19.6. The topological polar surface area (TPSA) is 179 Å². The summed E-state index contributed by atoms with van der Waals surface area (Å²) in [6.07, 6.45) is 6.56. The molecule has 4 saturated heterocycles. The lowest BCUT2D eigenvalue weighted by Gasteiger charge is -2.34. The molecule has 0 N–H and O–H groups in total. The molecule has 8 rings (SSSR count). The molecule has 7 atom stereocenters. The van der Waals surface area contributed by atoms with Crippen molar-refractivity contribution >= 4 is 23.9 Å². The fourth-order valence-electron chi connectivity index (χ4n) is 14.7. The summed E-state index contributed by atoms with van der Waals surface area (Å²) in [6.45, 7) is 55.6. The van der Waals surface area contributed by atoms with Crippen LogP contribution in [0.3, 0.4) is 0 Å². The van der Waals surface area contributed by atoms with Gasteiger partial charge in [0.25, 0.3) is 0 Å². The second kappa shape index (κ2) is 36.7. The molecule has 4 aromatic carbocycles. The number of carbonyl (C=O) groups is 4. The first kappa shape index (κ1) is 88.4. The smallest absolute Gasteiger partial charge is 0.306 e. The quantitative estimate of drug-likeness (QED) is 0.0406. The minimum Gasteiger partial charge on any atom is -0.464 e. The molecule has 0 aromatic heterocycles. The van der Waals surface area contributed by atoms with Crippen molar-refractivity contribution in [3.63, 3.8) is 0 Å². The van der Waals surface area contributed by atoms with Crippen molar-refractivity contribution in [2.24, 2.45) is 0 Å². The Labute approximate surface area is 656 Å². The van der Waals surface area contributed by atoms with Crippen LogP contribution >= 0.6 is 0 Å². The van der Waals surface area contributed by atoms with Crippen molar-refractivity contribution in [2.45, 2.75) is 388 Å². The van der Waals surface area contributed by atoms with Gasteiger partial charge in [-0.2, -0.15) is 0 Å². The molecule has 16 nitrogen and oxygen atoms in total.